The van der Waals surface area contributed by atoms with Gasteiger partial charge in [-0.05, 0) is 26.8 Å². The number of H-pyrrole nitrogens is 1. The summed E-state index contributed by atoms with van der Waals surface area (Å²) in [5.74, 6) is 0.0201. The van der Waals surface area contributed by atoms with Gasteiger partial charge in [0.1, 0.15) is 5.69 Å². The van der Waals surface area contributed by atoms with Crippen molar-refractivity contribution in [1.82, 2.24) is 20.4 Å². The molecule has 2 N–H and O–H groups in total. The lowest BCUT2D eigenvalue weighted by atomic mass is 10.1. The molecule has 2 aromatic rings. The zero-order valence-electron chi connectivity index (χ0n) is 13.7. The molecule has 0 bridgehead atoms. The quantitative estimate of drug-likeness (QED) is 0.887. The van der Waals surface area contributed by atoms with Gasteiger partial charge in [0.05, 0.1) is 5.69 Å². The van der Waals surface area contributed by atoms with Crippen LogP contribution in [0, 0.1) is 6.92 Å². The Labute approximate surface area is 142 Å². The highest BCUT2D eigenvalue weighted by molar-refractivity contribution is 5.93. The minimum Gasteiger partial charge on any atom is -0.332 e. The lowest BCUT2D eigenvalue weighted by Crippen LogP contribution is -2.57. The number of aromatic amines is 1. The average molecular weight is 335 g/mol. The molecule has 1 fully saturated rings. The third-order valence-electron chi connectivity index (χ3n) is 4.45. The summed E-state index contributed by atoms with van der Waals surface area (Å²) in [5, 5.41) is 10.6. The van der Waals surface area contributed by atoms with Gasteiger partial charge in [0.2, 0.25) is 0 Å². The molecule has 3 rings (SSSR count). The Kier molecular flexibility index (Phi) is 5.44. The summed E-state index contributed by atoms with van der Waals surface area (Å²) in [6.07, 6.45) is 0. The first-order valence-electron chi connectivity index (χ1n) is 7.73. The van der Waals surface area contributed by atoms with E-state index in [2.05, 4.69) is 36.3 Å². The van der Waals surface area contributed by atoms with Gasteiger partial charge in [-0.15, -0.1) is 12.4 Å². The number of carbonyl (C=O) groups excluding carboxylic acids is 1. The van der Waals surface area contributed by atoms with Crippen LogP contribution in [0.4, 0.5) is 0 Å². The fourth-order valence-electron chi connectivity index (χ4n) is 2.80. The molecule has 1 aliphatic rings. The van der Waals surface area contributed by atoms with E-state index in [4.69, 9.17) is 0 Å². The van der Waals surface area contributed by atoms with Crippen molar-refractivity contribution in [3.8, 4) is 11.3 Å². The highest BCUT2D eigenvalue weighted by Crippen LogP contribution is 2.20. The Morgan fingerprint density at radius 3 is 2.65 bits per heavy atom. The number of aromatic nitrogens is 2. The maximum Gasteiger partial charge on any atom is 0.272 e. The number of carbonyl (C=O) groups is 1. The topological polar surface area (TPSA) is 61.0 Å². The molecule has 1 aromatic heterocycles. The molecule has 2 unspecified atom stereocenters. The third kappa shape index (κ3) is 3.57. The Hall–Kier alpha value is -1.85. The molecule has 1 amide bonds. The van der Waals surface area contributed by atoms with E-state index in [0.29, 0.717) is 11.7 Å². The average Bonchev–Trinajstić information content (AvgIpc) is 3.00. The van der Waals surface area contributed by atoms with Gasteiger partial charge < -0.3 is 10.2 Å². The van der Waals surface area contributed by atoms with E-state index in [9.17, 15) is 4.79 Å². The molecule has 0 aliphatic carbocycles. The van der Waals surface area contributed by atoms with Gasteiger partial charge in [0.25, 0.3) is 5.91 Å². The first-order valence-corrected chi connectivity index (χ1v) is 7.73. The maximum absolute atomic E-state index is 12.7. The molecule has 5 nitrogen and oxygen atoms in total. The van der Waals surface area contributed by atoms with Gasteiger partial charge in [-0.3, -0.25) is 9.89 Å². The van der Waals surface area contributed by atoms with Crippen molar-refractivity contribution in [2.45, 2.75) is 32.9 Å². The summed E-state index contributed by atoms with van der Waals surface area (Å²) in [7, 11) is 0. The van der Waals surface area contributed by atoms with E-state index >= 15 is 0 Å². The molecule has 23 heavy (non-hydrogen) atoms. The minimum absolute atomic E-state index is 0. The molecule has 0 spiro atoms. The van der Waals surface area contributed by atoms with Gasteiger partial charge in [-0.25, -0.2) is 0 Å². The van der Waals surface area contributed by atoms with Gasteiger partial charge >= 0.3 is 0 Å². The lowest BCUT2D eigenvalue weighted by molar-refractivity contribution is 0.0597. The summed E-state index contributed by atoms with van der Waals surface area (Å²) in [6, 6.07) is 10.5. The minimum atomic E-state index is 0. The second kappa shape index (κ2) is 7.15. The normalized spacial score (nSPS) is 20.9. The summed E-state index contributed by atoms with van der Waals surface area (Å²) in [4.78, 5) is 14.6. The Bertz CT molecular complexity index is 667. The second-order valence-corrected chi connectivity index (χ2v) is 6.01. The fourth-order valence-corrected chi connectivity index (χ4v) is 2.80. The SMILES string of the molecule is Cc1ccc(-c2cc(C(=O)N3CCNC(C)C3C)[nH]n2)cc1.Cl. The van der Waals surface area contributed by atoms with Crippen LogP contribution in [0.25, 0.3) is 11.3 Å². The molecular weight excluding hydrogens is 312 g/mol. The highest BCUT2D eigenvalue weighted by Gasteiger charge is 2.29. The van der Waals surface area contributed by atoms with Crippen LogP contribution in [0.2, 0.25) is 0 Å². The van der Waals surface area contributed by atoms with E-state index in [1.54, 1.807) is 0 Å². The van der Waals surface area contributed by atoms with Crippen molar-refractivity contribution in [1.29, 1.82) is 0 Å². The van der Waals surface area contributed by atoms with E-state index in [1.807, 2.05) is 35.2 Å². The van der Waals surface area contributed by atoms with Crippen molar-refractivity contribution in [2.75, 3.05) is 13.1 Å². The molecule has 1 saturated heterocycles. The summed E-state index contributed by atoms with van der Waals surface area (Å²) in [5.41, 5.74) is 3.58. The van der Waals surface area contributed by atoms with Crippen molar-refractivity contribution in [2.24, 2.45) is 0 Å². The van der Waals surface area contributed by atoms with Crippen molar-refractivity contribution < 1.29 is 4.79 Å². The van der Waals surface area contributed by atoms with Crippen LogP contribution < -0.4 is 5.32 Å². The third-order valence-corrected chi connectivity index (χ3v) is 4.45. The first-order chi connectivity index (χ1) is 10.6. The molecule has 2 atom stereocenters. The second-order valence-electron chi connectivity index (χ2n) is 6.01. The number of piperazine rings is 1. The van der Waals surface area contributed by atoms with Crippen LogP contribution in [0.15, 0.2) is 30.3 Å². The lowest BCUT2D eigenvalue weighted by Gasteiger charge is -2.38. The largest absolute Gasteiger partial charge is 0.332 e. The summed E-state index contributed by atoms with van der Waals surface area (Å²) >= 11 is 0. The van der Waals surface area contributed by atoms with Crippen LogP contribution >= 0.6 is 12.4 Å². The fraction of sp³-hybridized carbons (Fsp3) is 0.412. The first kappa shape index (κ1) is 17.5. The van der Waals surface area contributed by atoms with Gasteiger partial charge in [-0.1, -0.05) is 29.8 Å². The van der Waals surface area contributed by atoms with Crippen molar-refractivity contribution in [3.05, 3.63) is 41.6 Å². The van der Waals surface area contributed by atoms with Crippen LogP contribution in [0.1, 0.15) is 29.9 Å². The number of aryl methyl sites for hydroxylation is 1. The zero-order valence-corrected chi connectivity index (χ0v) is 14.5. The van der Waals surface area contributed by atoms with E-state index in [1.165, 1.54) is 5.56 Å². The molecule has 1 aliphatic heterocycles. The number of benzene rings is 1. The molecule has 0 radical (unpaired) electrons. The molecular formula is C17H23ClN4O. The van der Waals surface area contributed by atoms with E-state index in [-0.39, 0.29) is 24.4 Å². The molecule has 124 valence electrons. The van der Waals surface area contributed by atoms with E-state index in [0.717, 1.165) is 24.3 Å². The monoisotopic (exact) mass is 334 g/mol. The van der Waals surface area contributed by atoms with Gasteiger partial charge in [0.15, 0.2) is 0 Å². The number of hydrogen-bond donors (Lipinski definition) is 2. The predicted octanol–water partition coefficient (Wildman–Crippen LogP) is 2.63. The van der Waals surface area contributed by atoms with Crippen LogP contribution in [0.3, 0.4) is 0 Å². The number of nitrogens with zero attached hydrogens (tertiary/aromatic N) is 2. The number of halogens is 1. The maximum atomic E-state index is 12.7. The predicted molar refractivity (Wildman–Crippen MR) is 94.0 cm³/mol. The Balaban J connectivity index is 0.00000192. The Morgan fingerprint density at radius 1 is 1.26 bits per heavy atom. The molecule has 1 aromatic carbocycles. The van der Waals surface area contributed by atoms with Gasteiger partial charge in [0, 0.05) is 30.7 Å². The number of amides is 1. The molecule has 2 heterocycles. The highest BCUT2D eigenvalue weighted by atomic mass is 35.5. The summed E-state index contributed by atoms with van der Waals surface area (Å²) < 4.78 is 0. The molecule has 0 saturated carbocycles. The van der Waals surface area contributed by atoms with Crippen molar-refractivity contribution >= 4 is 18.3 Å². The van der Waals surface area contributed by atoms with E-state index < -0.39 is 0 Å². The summed E-state index contributed by atoms with van der Waals surface area (Å²) in [6.45, 7) is 7.79. The smallest absolute Gasteiger partial charge is 0.272 e. The molecule has 6 heteroatoms. The number of hydrogen-bond acceptors (Lipinski definition) is 3. The van der Waals surface area contributed by atoms with Crippen LogP contribution in [-0.2, 0) is 0 Å². The number of rotatable bonds is 2. The standard InChI is InChI=1S/C17H22N4O.ClH/c1-11-4-6-14(7-5-11)15-10-16(20-19-15)17(22)21-9-8-18-12(2)13(21)3;/h4-7,10,12-13,18H,8-9H2,1-3H3,(H,19,20);1H. The van der Waals surface area contributed by atoms with Crippen molar-refractivity contribution in [3.63, 3.8) is 0 Å². The number of nitrogens with one attached hydrogen (secondary N) is 2. The van der Waals surface area contributed by atoms with Gasteiger partial charge in [-0.2, -0.15) is 5.10 Å². The zero-order chi connectivity index (χ0) is 15.7. The Morgan fingerprint density at radius 2 is 1.96 bits per heavy atom. The van der Waals surface area contributed by atoms with Crippen LogP contribution in [-0.4, -0.2) is 46.2 Å². The van der Waals surface area contributed by atoms with Crippen LogP contribution in [0.5, 0.6) is 0 Å².